The molecule has 0 radical (unpaired) electrons. The second-order valence-electron chi connectivity index (χ2n) is 2.83. The third kappa shape index (κ3) is 1.48. The molecule has 0 bridgehead atoms. The van der Waals surface area contributed by atoms with Crippen molar-refractivity contribution >= 4 is 11.8 Å². The summed E-state index contributed by atoms with van der Waals surface area (Å²) in [5, 5.41) is 8.62. The Hall–Kier alpha value is -1.12. The van der Waals surface area contributed by atoms with Crippen LogP contribution in [0, 0.1) is 11.8 Å². The van der Waals surface area contributed by atoms with E-state index in [1.807, 2.05) is 0 Å². The summed E-state index contributed by atoms with van der Waals surface area (Å²) < 4.78 is 0. The molecule has 0 aromatic rings. The Kier molecular flexibility index (Phi) is 2.08. The highest BCUT2D eigenvalue weighted by molar-refractivity contribution is 6.05. The van der Waals surface area contributed by atoms with Crippen molar-refractivity contribution in [2.24, 2.45) is 11.8 Å². The first-order chi connectivity index (χ1) is 5.13. The number of hydrogen-bond acceptors (Lipinski definition) is 2. The molecular formula is C8H10O3. The van der Waals surface area contributed by atoms with Crippen LogP contribution in [0.2, 0.25) is 0 Å². The maximum absolute atomic E-state index is 11.0. The van der Waals surface area contributed by atoms with E-state index in [2.05, 4.69) is 0 Å². The lowest BCUT2D eigenvalue weighted by molar-refractivity contribution is -0.147. The van der Waals surface area contributed by atoms with E-state index in [0.717, 1.165) is 0 Å². The van der Waals surface area contributed by atoms with E-state index in [0.29, 0.717) is 6.42 Å². The Balaban J connectivity index is 2.83. The molecule has 0 fully saturated rings. The minimum atomic E-state index is -1.01. The fraction of sp³-hybridized carbons (Fsp3) is 0.500. The fourth-order valence-electron chi connectivity index (χ4n) is 1.28. The molecule has 0 saturated carbocycles. The summed E-state index contributed by atoms with van der Waals surface area (Å²) in [5.41, 5.74) is 0. The summed E-state index contributed by atoms with van der Waals surface area (Å²) in [5.74, 6) is -2.17. The van der Waals surface area contributed by atoms with Gasteiger partial charge in [0.1, 0.15) is 5.92 Å². The Morgan fingerprint density at radius 1 is 1.73 bits per heavy atom. The van der Waals surface area contributed by atoms with E-state index in [-0.39, 0.29) is 11.7 Å². The molecule has 1 aliphatic carbocycles. The van der Waals surface area contributed by atoms with E-state index in [9.17, 15) is 9.59 Å². The van der Waals surface area contributed by atoms with E-state index in [1.54, 1.807) is 13.0 Å². The minimum Gasteiger partial charge on any atom is -0.481 e. The second-order valence-corrected chi connectivity index (χ2v) is 2.83. The predicted molar refractivity (Wildman–Crippen MR) is 39.1 cm³/mol. The highest BCUT2D eigenvalue weighted by Gasteiger charge is 2.31. The van der Waals surface area contributed by atoms with E-state index >= 15 is 0 Å². The molecule has 0 spiro atoms. The van der Waals surface area contributed by atoms with Crippen LogP contribution >= 0.6 is 0 Å². The molecule has 3 heteroatoms. The molecule has 0 aromatic heterocycles. The summed E-state index contributed by atoms with van der Waals surface area (Å²) in [6, 6.07) is 0. The van der Waals surface area contributed by atoms with Crippen LogP contribution in [0.1, 0.15) is 13.3 Å². The van der Waals surface area contributed by atoms with Gasteiger partial charge in [-0.25, -0.2) is 0 Å². The average Bonchev–Trinajstić information content (AvgIpc) is 1.85. The number of rotatable bonds is 1. The van der Waals surface area contributed by atoms with Crippen LogP contribution in [-0.2, 0) is 9.59 Å². The number of carbonyl (C=O) groups excluding carboxylic acids is 1. The van der Waals surface area contributed by atoms with Crippen LogP contribution in [0.3, 0.4) is 0 Å². The summed E-state index contributed by atoms with van der Waals surface area (Å²) in [6.07, 6.45) is 3.77. The Morgan fingerprint density at radius 3 is 2.73 bits per heavy atom. The van der Waals surface area contributed by atoms with Gasteiger partial charge in [-0.15, -0.1) is 0 Å². The molecule has 0 saturated heterocycles. The van der Waals surface area contributed by atoms with Crippen LogP contribution in [0.15, 0.2) is 12.2 Å². The molecule has 11 heavy (non-hydrogen) atoms. The monoisotopic (exact) mass is 154 g/mol. The molecule has 0 aromatic carbocycles. The maximum atomic E-state index is 11.0. The van der Waals surface area contributed by atoms with Crippen molar-refractivity contribution < 1.29 is 14.7 Å². The van der Waals surface area contributed by atoms with Crippen LogP contribution < -0.4 is 0 Å². The number of ketones is 1. The highest BCUT2D eigenvalue weighted by atomic mass is 16.4. The van der Waals surface area contributed by atoms with Gasteiger partial charge in [0.15, 0.2) is 5.78 Å². The molecule has 2 unspecified atom stereocenters. The van der Waals surface area contributed by atoms with Gasteiger partial charge < -0.3 is 5.11 Å². The van der Waals surface area contributed by atoms with Gasteiger partial charge >= 0.3 is 5.97 Å². The lowest BCUT2D eigenvalue weighted by atomic mass is 9.84. The Labute approximate surface area is 64.7 Å². The largest absolute Gasteiger partial charge is 0.481 e. The van der Waals surface area contributed by atoms with Gasteiger partial charge in [-0.05, 0) is 18.4 Å². The van der Waals surface area contributed by atoms with Crippen LogP contribution in [-0.4, -0.2) is 16.9 Å². The number of carbonyl (C=O) groups is 2. The molecule has 2 atom stereocenters. The minimum absolute atomic E-state index is 0.0648. The van der Waals surface area contributed by atoms with Crippen molar-refractivity contribution in [3.8, 4) is 0 Å². The smallest absolute Gasteiger partial charge is 0.314 e. The van der Waals surface area contributed by atoms with Crippen LogP contribution in [0.4, 0.5) is 0 Å². The summed E-state index contributed by atoms with van der Waals surface area (Å²) in [7, 11) is 0. The first-order valence-corrected chi connectivity index (χ1v) is 3.56. The zero-order valence-corrected chi connectivity index (χ0v) is 6.28. The maximum Gasteiger partial charge on any atom is 0.314 e. The molecule has 3 nitrogen and oxygen atoms in total. The summed E-state index contributed by atoms with van der Waals surface area (Å²) in [4.78, 5) is 21.5. The standard InChI is InChI=1S/C8H10O3/c1-5-3-2-4-6(9)7(5)8(10)11/h2,4-5,7H,3H2,1H3,(H,10,11). The number of aliphatic carboxylic acids is 1. The average molecular weight is 154 g/mol. The first kappa shape index (κ1) is 7.98. The summed E-state index contributed by atoms with van der Waals surface area (Å²) >= 11 is 0. The van der Waals surface area contributed by atoms with Crippen LogP contribution in [0.25, 0.3) is 0 Å². The van der Waals surface area contributed by atoms with E-state index < -0.39 is 11.9 Å². The number of carboxylic acid groups (broad SMARTS) is 1. The third-order valence-electron chi connectivity index (χ3n) is 1.93. The van der Waals surface area contributed by atoms with Crippen molar-refractivity contribution in [1.29, 1.82) is 0 Å². The van der Waals surface area contributed by atoms with Crippen molar-refractivity contribution in [1.82, 2.24) is 0 Å². The van der Waals surface area contributed by atoms with Crippen molar-refractivity contribution in [2.45, 2.75) is 13.3 Å². The predicted octanol–water partition coefficient (Wildman–Crippen LogP) is 0.852. The topological polar surface area (TPSA) is 54.4 Å². The van der Waals surface area contributed by atoms with Crippen molar-refractivity contribution in [2.75, 3.05) is 0 Å². The highest BCUT2D eigenvalue weighted by Crippen LogP contribution is 2.22. The molecule has 1 aliphatic rings. The molecule has 1 rings (SSSR count). The quantitative estimate of drug-likeness (QED) is 0.570. The third-order valence-corrected chi connectivity index (χ3v) is 1.93. The molecular weight excluding hydrogens is 144 g/mol. The molecule has 60 valence electrons. The van der Waals surface area contributed by atoms with Gasteiger partial charge in [0.2, 0.25) is 0 Å². The lowest BCUT2D eigenvalue weighted by Gasteiger charge is -2.19. The second kappa shape index (κ2) is 2.86. The van der Waals surface area contributed by atoms with Crippen LogP contribution in [0.5, 0.6) is 0 Å². The number of carboxylic acids is 1. The van der Waals surface area contributed by atoms with Gasteiger partial charge in [0, 0.05) is 0 Å². The van der Waals surface area contributed by atoms with Gasteiger partial charge in [0.25, 0.3) is 0 Å². The van der Waals surface area contributed by atoms with Gasteiger partial charge in [-0.2, -0.15) is 0 Å². The van der Waals surface area contributed by atoms with Gasteiger partial charge in [-0.3, -0.25) is 9.59 Å². The molecule has 0 amide bonds. The Bertz CT molecular complexity index is 217. The summed E-state index contributed by atoms with van der Waals surface area (Å²) in [6.45, 7) is 1.78. The number of hydrogen-bond donors (Lipinski definition) is 1. The normalized spacial score (nSPS) is 30.5. The number of allylic oxidation sites excluding steroid dienone is 2. The molecule has 0 heterocycles. The van der Waals surface area contributed by atoms with E-state index in [1.165, 1.54) is 6.08 Å². The first-order valence-electron chi connectivity index (χ1n) is 3.56. The zero-order chi connectivity index (χ0) is 8.43. The fourth-order valence-corrected chi connectivity index (χ4v) is 1.28. The Morgan fingerprint density at radius 2 is 2.36 bits per heavy atom. The SMILES string of the molecule is CC1CC=CC(=O)C1C(=O)O. The molecule has 0 aliphatic heterocycles. The lowest BCUT2D eigenvalue weighted by Crippen LogP contribution is -2.30. The van der Waals surface area contributed by atoms with Crippen molar-refractivity contribution in [3.63, 3.8) is 0 Å². The van der Waals surface area contributed by atoms with Gasteiger partial charge in [-0.1, -0.05) is 13.0 Å². The van der Waals surface area contributed by atoms with E-state index in [4.69, 9.17) is 5.11 Å². The molecule has 1 N–H and O–H groups in total. The van der Waals surface area contributed by atoms with Gasteiger partial charge in [0.05, 0.1) is 0 Å². The zero-order valence-electron chi connectivity index (χ0n) is 6.28. The van der Waals surface area contributed by atoms with Crippen molar-refractivity contribution in [3.05, 3.63) is 12.2 Å².